The van der Waals surface area contributed by atoms with Crippen molar-refractivity contribution in [3.63, 3.8) is 0 Å². The first kappa shape index (κ1) is 20.0. The summed E-state index contributed by atoms with van der Waals surface area (Å²) in [6.45, 7) is 1.40. The van der Waals surface area contributed by atoms with E-state index in [1.54, 1.807) is 6.92 Å². The number of thiophene rings is 1. The van der Waals surface area contributed by atoms with Gasteiger partial charge in [0.25, 0.3) is 5.56 Å². The Morgan fingerprint density at radius 2 is 2.04 bits per heavy atom. The second kappa shape index (κ2) is 8.96. The molecule has 8 nitrogen and oxygen atoms in total. The number of para-hydroxylation sites is 1. The van der Waals surface area contributed by atoms with E-state index in [9.17, 15) is 14.7 Å². The van der Waals surface area contributed by atoms with Gasteiger partial charge in [-0.2, -0.15) is 0 Å². The largest absolute Gasteiger partial charge is 0.490 e. The SMILES string of the molecule is Cc1c(C(=O)OCCOc2ccccc2)sc2ncn(CC(O)CO)c(=O)c12. The number of nitrogens with zero attached hydrogens (tertiary/aromatic N) is 2. The van der Waals surface area contributed by atoms with Gasteiger partial charge in [0.05, 0.1) is 31.0 Å². The van der Waals surface area contributed by atoms with Gasteiger partial charge in [0.2, 0.25) is 0 Å². The topological polar surface area (TPSA) is 111 Å². The number of ether oxygens (including phenoxy) is 2. The van der Waals surface area contributed by atoms with Gasteiger partial charge in [0.1, 0.15) is 28.7 Å². The Balaban J connectivity index is 1.70. The van der Waals surface area contributed by atoms with E-state index < -0.39 is 18.7 Å². The van der Waals surface area contributed by atoms with Crippen LogP contribution in [0.1, 0.15) is 15.2 Å². The third-order valence-corrected chi connectivity index (χ3v) is 5.23. The highest BCUT2D eigenvalue weighted by Crippen LogP contribution is 2.27. The van der Waals surface area contributed by atoms with E-state index in [4.69, 9.17) is 14.6 Å². The van der Waals surface area contributed by atoms with Crippen LogP contribution in [-0.2, 0) is 11.3 Å². The number of carbonyl (C=O) groups excluding carboxylic acids is 1. The van der Waals surface area contributed by atoms with Crippen LogP contribution < -0.4 is 10.3 Å². The Morgan fingerprint density at radius 1 is 1.29 bits per heavy atom. The minimum atomic E-state index is -1.06. The molecule has 0 spiro atoms. The van der Waals surface area contributed by atoms with E-state index >= 15 is 0 Å². The lowest BCUT2D eigenvalue weighted by atomic mass is 10.2. The monoisotopic (exact) mass is 404 g/mol. The standard InChI is InChI=1S/C19H20N2O6S/c1-12-15-17(20-11-21(18(15)24)9-13(23)10-22)28-16(12)19(25)27-8-7-26-14-5-3-2-4-6-14/h2-6,11,13,22-23H,7-10H2,1H3. The van der Waals surface area contributed by atoms with Crippen molar-refractivity contribution in [3.05, 3.63) is 57.5 Å². The highest BCUT2D eigenvalue weighted by Gasteiger charge is 2.21. The fraction of sp³-hybridized carbons (Fsp3) is 0.316. The molecule has 2 aromatic heterocycles. The Kier molecular flexibility index (Phi) is 6.40. The zero-order valence-electron chi connectivity index (χ0n) is 15.2. The molecule has 0 radical (unpaired) electrons. The summed E-state index contributed by atoms with van der Waals surface area (Å²) in [5.74, 6) is 0.143. The lowest BCUT2D eigenvalue weighted by Gasteiger charge is -2.09. The molecule has 0 saturated carbocycles. The Bertz CT molecular complexity index is 1010. The molecule has 0 saturated heterocycles. The number of esters is 1. The Morgan fingerprint density at radius 3 is 2.75 bits per heavy atom. The first-order valence-corrected chi connectivity index (χ1v) is 9.45. The number of fused-ring (bicyclic) bond motifs is 1. The number of aromatic nitrogens is 2. The van der Waals surface area contributed by atoms with Crippen LogP contribution in [0.5, 0.6) is 5.75 Å². The molecule has 0 aliphatic rings. The fourth-order valence-corrected chi connectivity index (χ4v) is 3.68. The van der Waals surface area contributed by atoms with Gasteiger partial charge in [-0.15, -0.1) is 11.3 Å². The summed E-state index contributed by atoms with van der Waals surface area (Å²) in [4.78, 5) is 29.9. The molecule has 1 unspecified atom stereocenters. The molecule has 3 aromatic rings. The molecule has 0 fully saturated rings. The maximum Gasteiger partial charge on any atom is 0.348 e. The predicted octanol–water partition coefficient (Wildman–Crippen LogP) is 1.36. The fourth-order valence-electron chi connectivity index (χ4n) is 2.64. The molecule has 148 valence electrons. The Labute approximate surface area is 164 Å². The molecule has 2 heterocycles. The van der Waals surface area contributed by atoms with Crippen molar-refractivity contribution in [2.24, 2.45) is 0 Å². The van der Waals surface area contributed by atoms with Crippen LogP contribution in [0.4, 0.5) is 0 Å². The number of hydrogen-bond acceptors (Lipinski definition) is 8. The first-order chi connectivity index (χ1) is 13.5. The maximum atomic E-state index is 12.6. The quantitative estimate of drug-likeness (QED) is 0.431. The van der Waals surface area contributed by atoms with Crippen molar-refractivity contribution in [1.29, 1.82) is 0 Å². The van der Waals surface area contributed by atoms with Crippen LogP contribution in [-0.4, -0.2) is 51.7 Å². The maximum absolute atomic E-state index is 12.6. The Hall–Kier alpha value is -2.75. The normalized spacial score (nSPS) is 12.1. The van der Waals surface area contributed by atoms with Gasteiger partial charge >= 0.3 is 5.97 Å². The molecule has 9 heteroatoms. The average molecular weight is 404 g/mol. The molecule has 2 N–H and O–H groups in total. The number of hydrogen-bond donors (Lipinski definition) is 2. The van der Waals surface area contributed by atoms with Crippen LogP contribution in [0.15, 0.2) is 41.5 Å². The number of rotatable bonds is 8. The second-order valence-electron chi connectivity index (χ2n) is 6.07. The third kappa shape index (κ3) is 4.38. The first-order valence-electron chi connectivity index (χ1n) is 8.63. The van der Waals surface area contributed by atoms with E-state index in [0.29, 0.717) is 26.4 Å². The zero-order chi connectivity index (χ0) is 20.1. The molecule has 0 bridgehead atoms. The number of carbonyl (C=O) groups is 1. The van der Waals surface area contributed by atoms with Crippen LogP contribution in [0, 0.1) is 6.92 Å². The van der Waals surface area contributed by atoms with Gasteiger partial charge in [-0.1, -0.05) is 18.2 Å². The van der Waals surface area contributed by atoms with Crippen LogP contribution in [0.2, 0.25) is 0 Å². The van der Waals surface area contributed by atoms with Crippen molar-refractivity contribution in [3.8, 4) is 5.75 Å². The minimum absolute atomic E-state index is 0.0712. The van der Waals surface area contributed by atoms with Crippen molar-refractivity contribution in [1.82, 2.24) is 9.55 Å². The van der Waals surface area contributed by atoms with Crippen LogP contribution >= 0.6 is 11.3 Å². The van der Waals surface area contributed by atoms with Gasteiger partial charge in [0, 0.05) is 0 Å². The molecule has 1 aromatic carbocycles. The van der Waals surface area contributed by atoms with Gasteiger partial charge < -0.3 is 19.7 Å². The van der Waals surface area contributed by atoms with E-state index in [-0.39, 0.29) is 25.3 Å². The van der Waals surface area contributed by atoms with Crippen molar-refractivity contribution in [2.75, 3.05) is 19.8 Å². The van der Waals surface area contributed by atoms with E-state index in [1.807, 2.05) is 30.3 Å². The number of benzene rings is 1. The van der Waals surface area contributed by atoms with Crippen molar-refractivity contribution < 1.29 is 24.5 Å². The highest BCUT2D eigenvalue weighted by atomic mass is 32.1. The van der Waals surface area contributed by atoms with Gasteiger partial charge in [-0.3, -0.25) is 9.36 Å². The lowest BCUT2D eigenvalue weighted by molar-refractivity contribution is 0.0455. The number of aliphatic hydroxyl groups excluding tert-OH is 2. The summed E-state index contributed by atoms with van der Waals surface area (Å²) in [7, 11) is 0. The molecule has 0 aliphatic heterocycles. The van der Waals surface area contributed by atoms with Gasteiger partial charge in [-0.05, 0) is 24.6 Å². The van der Waals surface area contributed by atoms with Crippen LogP contribution in [0.25, 0.3) is 10.2 Å². The number of aliphatic hydroxyl groups is 2. The zero-order valence-corrected chi connectivity index (χ0v) is 16.0. The smallest absolute Gasteiger partial charge is 0.348 e. The molecule has 28 heavy (non-hydrogen) atoms. The third-order valence-electron chi connectivity index (χ3n) is 4.05. The lowest BCUT2D eigenvalue weighted by Crippen LogP contribution is -2.28. The summed E-state index contributed by atoms with van der Waals surface area (Å²) in [5, 5.41) is 18.8. The average Bonchev–Trinajstić information content (AvgIpc) is 3.05. The molecule has 0 aliphatic carbocycles. The second-order valence-corrected chi connectivity index (χ2v) is 7.07. The molecule has 0 amide bonds. The van der Waals surface area contributed by atoms with E-state index in [0.717, 1.165) is 11.3 Å². The number of aryl methyl sites for hydroxylation is 1. The molecule has 1 atom stereocenters. The van der Waals surface area contributed by atoms with E-state index in [2.05, 4.69) is 4.98 Å². The predicted molar refractivity (Wildman–Crippen MR) is 104 cm³/mol. The summed E-state index contributed by atoms with van der Waals surface area (Å²) in [6, 6.07) is 9.19. The van der Waals surface area contributed by atoms with E-state index in [1.165, 1.54) is 10.9 Å². The minimum Gasteiger partial charge on any atom is -0.490 e. The summed E-state index contributed by atoms with van der Waals surface area (Å²) in [6.07, 6.45) is 0.229. The summed E-state index contributed by atoms with van der Waals surface area (Å²) < 4.78 is 11.9. The van der Waals surface area contributed by atoms with Crippen molar-refractivity contribution >= 4 is 27.5 Å². The summed E-state index contributed by atoms with van der Waals surface area (Å²) >= 11 is 1.08. The summed E-state index contributed by atoms with van der Waals surface area (Å²) in [5.41, 5.74) is 0.108. The highest BCUT2D eigenvalue weighted by molar-refractivity contribution is 7.20. The van der Waals surface area contributed by atoms with Gasteiger partial charge in [-0.25, -0.2) is 9.78 Å². The molecule has 3 rings (SSSR count). The van der Waals surface area contributed by atoms with Crippen LogP contribution in [0.3, 0.4) is 0 Å². The molecular weight excluding hydrogens is 384 g/mol. The van der Waals surface area contributed by atoms with Crippen molar-refractivity contribution in [2.45, 2.75) is 19.6 Å². The van der Waals surface area contributed by atoms with Gasteiger partial charge in [0.15, 0.2) is 0 Å². The molecular formula is C19H20N2O6S.